The number of hydrogen-bond acceptors (Lipinski definition) is 5. The average Bonchev–Trinajstić information content (AvgIpc) is 2.83. The number of aliphatic hydroxyl groups excluding tert-OH is 1. The molecule has 2 aromatic rings. The van der Waals surface area contributed by atoms with Crippen molar-refractivity contribution in [3.8, 4) is 5.75 Å². The lowest BCUT2D eigenvalue weighted by molar-refractivity contribution is 0.0551. The number of ether oxygens (including phenoxy) is 1. The van der Waals surface area contributed by atoms with E-state index in [-0.39, 0.29) is 12.0 Å². The van der Waals surface area contributed by atoms with Crippen LogP contribution in [0.15, 0.2) is 18.2 Å². The number of carbonyl (C=O) groups excluding carboxylic acids is 1. The van der Waals surface area contributed by atoms with Crippen molar-refractivity contribution in [2.45, 2.75) is 18.9 Å². The predicted octanol–water partition coefficient (Wildman–Crippen LogP) is 2.09. The van der Waals surface area contributed by atoms with Crippen molar-refractivity contribution in [2.24, 2.45) is 0 Å². The van der Waals surface area contributed by atoms with Crippen molar-refractivity contribution in [1.82, 2.24) is 4.90 Å². The number of thiophene rings is 1. The number of fused-ring (bicyclic) bond motifs is 1. The van der Waals surface area contributed by atoms with Gasteiger partial charge < -0.3 is 20.5 Å². The van der Waals surface area contributed by atoms with E-state index in [1.165, 1.54) is 11.3 Å². The molecule has 0 aliphatic carbocycles. The molecule has 112 valence electrons. The molecule has 0 bridgehead atoms. The number of methoxy groups -OCH3 is 1. The fourth-order valence-corrected chi connectivity index (χ4v) is 3.71. The summed E-state index contributed by atoms with van der Waals surface area (Å²) in [5.41, 5.74) is 6.67. The van der Waals surface area contributed by atoms with Crippen molar-refractivity contribution >= 4 is 33.0 Å². The van der Waals surface area contributed by atoms with Crippen molar-refractivity contribution in [3.05, 3.63) is 23.1 Å². The van der Waals surface area contributed by atoms with Crippen LogP contribution in [-0.2, 0) is 0 Å². The molecule has 1 aliphatic rings. The molecule has 21 heavy (non-hydrogen) atoms. The van der Waals surface area contributed by atoms with Crippen LogP contribution in [-0.4, -0.2) is 42.2 Å². The van der Waals surface area contributed by atoms with E-state index in [4.69, 9.17) is 10.5 Å². The SMILES string of the molecule is COc1ccc2c(N)c(C(=O)N3CCC(O)CC3)sc2c1. The minimum atomic E-state index is -0.293. The van der Waals surface area contributed by atoms with Gasteiger partial charge in [-0.05, 0) is 31.0 Å². The van der Waals surface area contributed by atoms with E-state index >= 15 is 0 Å². The fraction of sp³-hybridized carbons (Fsp3) is 0.400. The monoisotopic (exact) mass is 306 g/mol. The molecule has 0 radical (unpaired) electrons. The summed E-state index contributed by atoms with van der Waals surface area (Å²) in [6.07, 6.45) is 0.965. The Morgan fingerprint density at radius 1 is 1.43 bits per heavy atom. The van der Waals surface area contributed by atoms with E-state index in [0.717, 1.165) is 15.8 Å². The zero-order valence-corrected chi connectivity index (χ0v) is 12.7. The average molecular weight is 306 g/mol. The highest BCUT2D eigenvalue weighted by molar-refractivity contribution is 7.21. The summed E-state index contributed by atoms with van der Waals surface area (Å²) in [5, 5.41) is 10.4. The number of aliphatic hydroxyl groups is 1. The minimum absolute atomic E-state index is 0.0421. The van der Waals surface area contributed by atoms with Gasteiger partial charge in [-0.1, -0.05) is 0 Å². The molecular formula is C15H18N2O3S. The first-order valence-corrected chi connectivity index (χ1v) is 7.75. The van der Waals surface area contributed by atoms with Gasteiger partial charge in [-0.25, -0.2) is 0 Å². The topological polar surface area (TPSA) is 75.8 Å². The van der Waals surface area contributed by atoms with Crippen LogP contribution in [0.1, 0.15) is 22.5 Å². The van der Waals surface area contributed by atoms with Crippen LogP contribution in [0.2, 0.25) is 0 Å². The number of anilines is 1. The van der Waals surface area contributed by atoms with Crippen LogP contribution in [0, 0.1) is 0 Å². The number of nitrogens with two attached hydrogens (primary N) is 1. The van der Waals surface area contributed by atoms with Gasteiger partial charge in [-0.2, -0.15) is 0 Å². The van der Waals surface area contributed by atoms with Crippen LogP contribution < -0.4 is 10.5 Å². The zero-order chi connectivity index (χ0) is 15.0. The van der Waals surface area contributed by atoms with Crippen molar-refractivity contribution in [2.75, 3.05) is 25.9 Å². The summed E-state index contributed by atoms with van der Waals surface area (Å²) in [5.74, 6) is 0.711. The standard InChI is InChI=1S/C15H18N2O3S/c1-20-10-2-3-11-12(8-10)21-14(13(11)16)15(19)17-6-4-9(18)5-7-17/h2-3,8-9,18H,4-7,16H2,1H3. The number of nitrogens with zero attached hydrogens (tertiary/aromatic N) is 1. The summed E-state index contributed by atoms with van der Waals surface area (Å²) >= 11 is 1.40. The number of carbonyl (C=O) groups is 1. The zero-order valence-electron chi connectivity index (χ0n) is 11.8. The molecule has 0 atom stereocenters. The lowest BCUT2D eigenvalue weighted by atomic mass is 10.1. The third-order valence-electron chi connectivity index (χ3n) is 3.88. The Hall–Kier alpha value is -1.79. The van der Waals surface area contributed by atoms with Gasteiger partial charge in [0.25, 0.3) is 5.91 Å². The summed E-state index contributed by atoms with van der Waals surface area (Å²) < 4.78 is 6.15. The van der Waals surface area contributed by atoms with Gasteiger partial charge in [0.2, 0.25) is 0 Å². The van der Waals surface area contributed by atoms with E-state index in [1.54, 1.807) is 12.0 Å². The lowest BCUT2D eigenvalue weighted by Gasteiger charge is -2.29. The number of nitrogen functional groups attached to an aromatic ring is 1. The molecule has 1 aliphatic heterocycles. The second-order valence-corrected chi connectivity index (χ2v) is 6.28. The van der Waals surface area contributed by atoms with Crippen molar-refractivity contribution < 1.29 is 14.6 Å². The molecule has 0 spiro atoms. The van der Waals surface area contributed by atoms with Crippen LogP contribution in [0.25, 0.3) is 10.1 Å². The number of benzene rings is 1. The molecule has 5 nitrogen and oxygen atoms in total. The highest BCUT2D eigenvalue weighted by atomic mass is 32.1. The molecule has 1 fully saturated rings. The number of piperidine rings is 1. The Balaban J connectivity index is 1.92. The predicted molar refractivity (Wildman–Crippen MR) is 83.9 cm³/mol. The summed E-state index contributed by atoms with van der Waals surface area (Å²) in [4.78, 5) is 14.9. The molecule has 1 aromatic heterocycles. The maximum atomic E-state index is 12.6. The Kier molecular flexibility index (Phi) is 3.73. The molecule has 1 amide bonds. The minimum Gasteiger partial charge on any atom is -0.497 e. The van der Waals surface area contributed by atoms with Gasteiger partial charge in [0.1, 0.15) is 10.6 Å². The third-order valence-corrected chi connectivity index (χ3v) is 5.04. The first-order valence-electron chi connectivity index (χ1n) is 6.93. The largest absolute Gasteiger partial charge is 0.497 e. The Morgan fingerprint density at radius 3 is 2.81 bits per heavy atom. The number of rotatable bonds is 2. The number of hydrogen-bond donors (Lipinski definition) is 2. The van der Waals surface area contributed by atoms with Crippen LogP contribution in [0.4, 0.5) is 5.69 Å². The van der Waals surface area contributed by atoms with Crippen LogP contribution in [0.5, 0.6) is 5.75 Å². The molecule has 3 rings (SSSR count). The van der Waals surface area contributed by atoms with E-state index < -0.39 is 0 Å². The van der Waals surface area contributed by atoms with E-state index in [9.17, 15) is 9.90 Å². The second-order valence-electron chi connectivity index (χ2n) is 5.23. The first-order chi connectivity index (χ1) is 10.1. The molecule has 3 N–H and O–H groups in total. The van der Waals surface area contributed by atoms with Gasteiger partial charge in [0, 0.05) is 23.2 Å². The van der Waals surface area contributed by atoms with Crippen LogP contribution in [0.3, 0.4) is 0 Å². The summed E-state index contributed by atoms with van der Waals surface area (Å²) in [6, 6.07) is 5.63. The molecule has 6 heteroatoms. The Bertz CT molecular complexity index is 675. The van der Waals surface area contributed by atoms with Crippen LogP contribution >= 0.6 is 11.3 Å². The second kappa shape index (κ2) is 5.54. The Labute approximate surface area is 126 Å². The van der Waals surface area contributed by atoms with Crippen molar-refractivity contribution in [1.29, 1.82) is 0 Å². The molecule has 0 saturated carbocycles. The third kappa shape index (κ3) is 2.56. The van der Waals surface area contributed by atoms with Gasteiger partial charge in [-0.3, -0.25) is 4.79 Å². The molecule has 1 aromatic carbocycles. The highest BCUT2D eigenvalue weighted by Gasteiger charge is 2.25. The van der Waals surface area contributed by atoms with E-state index in [2.05, 4.69) is 0 Å². The summed E-state index contributed by atoms with van der Waals surface area (Å²) in [6.45, 7) is 1.16. The van der Waals surface area contributed by atoms with Gasteiger partial charge in [-0.15, -0.1) is 11.3 Å². The first kappa shape index (κ1) is 14.2. The quantitative estimate of drug-likeness (QED) is 0.891. The number of likely N-dealkylation sites (tertiary alicyclic amines) is 1. The molecule has 1 saturated heterocycles. The molecular weight excluding hydrogens is 288 g/mol. The van der Waals surface area contributed by atoms with Gasteiger partial charge in [0.05, 0.1) is 18.9 Å². The van der Waals surface area contributed by atoms with Gasteiger partial charge in [0.15, 0.2) is 0 Å². The normalized spacial score (nSPS) is 16.4. The van der Waals surface area contributed by atoms with Gasteiger partial charge >= 0.3 is 0 Å². The van der Waals surface area contributed by atoms with E-state index in [0.29, 0.717) is 36.5 Å². The van der Waals surface area contributed by atoms with Crippen molar-refractivity contribution in [3.63, 3.8) is 0 Å². The molecule has 0 unspecified atom stereocenters. The number of amides is 1. The maximum Gasteiger partial charge on any atom is 0.266 e. The maximum absolute atomic E-state index is 12.6. The fourth-order valence-electron chi connectivity index (χ4n) is 2.60. The molecule has 2 heterocycles. The Morgan fingerprint density at radius 2 is 2.14 bits per heavy atom. The summed E-state index contributed by atoms with van der Waals surface area (Å²) in [7, 11) is 1.61. The highest BCUT2D eigenvalue weighted by Crippen LogP contribution is 2.36. The smallest absolute Gasteiger partial charge is 0.266 e. The van der Waals surface area contributed by atoms with E-state index in [1.807, 2.05) is 18.2 Å². The lowest BCUT2D eigenvalue weighted by Crippen LogP contribution is -2.39.